The number of nitrogens with zero attached hydrogens (tertiary/aromatic N) is 4. The molecule has 5 rings (SSSR count). The summed E-state index contributed by atoms with van der Waals surface area (Å²) in [6.07, 6.45) is 2.06. The van der Waals surface area contributed by atoms with Gasteiger partial charge < -0.3 is 11.1 Å². The number of hydrogen-bond donors (Lipinski definition) is 2. The third kappa shape index (κ3) is 5.61. The first-order chi connectivity index (χ1) is 19.4. The van der Waals surface area contributed by atoms with Crippen molar-refractivity contribution in [1.29, 1.82) is 5.26 Å². The summed E-state index contributed by atoms with van der Waals surface area (Å²) in [5.41, 5.74) is 8.59. The van der Waals surface area contributed by atoms with Gasteiger partial charge in [-0.2, -0.15) is 5.26 Å². The molecule has 0 fully saturated rings. The Kier molecular flexibility index (Phi) is 8.49. The maximum atomic E-state index is 15.0. The van der Waals surface area contributed by atoms with Crippen LogP contribution in [0.25, 0.3) is 0 Å². The second kappa shape index (κ2) is 12.2. The van der Waals surface area contributed by atoms with Gasteiger partial charge >= 0.3 is 0 Å². The zero-order valence-corrected chi connectivity index (χ0v) is 23.6. The van der Waals surface area contributed by atoms with Crippen molar-refractivity contribution < 1.29 is 14.0 Å². The number of amides is 1. The van der Waals surface area contributed by atoms with Gasteiger partial charge in [-0.1, -0.05) is 71.1 Å². The largest absolute Gasteiger partial charge is 0.384 e. The van der Waals surface area contributed by atoms with E-state index in [4.69, 9.17) is 17.3 Å². The lowest BCUT2D eigenvalue weighted by atomic mass is 9.75. The van der Waals surface area contributed by atoms with Crippen molar-refractivity contribution in [2.45, 2.75) is 35.9 Å². The first-order valence-electron chi connectivity index (χ1n) is 12.6. The number of allylic oxidation sites excluding steroid dienone is 3. The van der Waals surface area contributed by atoms with E-state index >= 15 is 4.39 Å². The molecule has 12 heteroatoms. The van der Waals surface area contributed by atoms with Crippen LogP contribution in [0.5, 0.6) is 0 Å². The van der Waals surface area contributed by atoms with E-state index in [1.807, 2.05) is 30.3 Å². The Morgan fingerprint density at radius 3 is 2.77 bits per heavy atom. The van der Waals surface area contributed by atoms with E-state index < -0.39 is 11.7 Å². The number of nitrogens with one attached hydrogen (secondary N) is 1. The monoisotopic (exact) mass is 594 g/mol. The lowest BCUT2D eigenvalue weighted by Gasteiger charge is -2.38. The van der Waals surface area contributed by atoms with E-state index in [2.05, 4.69) is 21.6 Å². The molecule has 0 bridgehead atoms. The van der Waals surface area contributed by atoms with Crippen molar-refractivity contribution in [3.8, 4) is 6.07 Å². The molecule has 204 valence electrons. The van der Waals surface area contributed by atoms with Crippen LogP contribution >= 0.6 is 34.7 Å². The van der Waals surface area contributed by atoms with Crippen molar-refractivity contribution in [3.05, 3.63) is 93.2 Å². The van der Waals surface area contributed by atoms with Gasteiger partial charge in [0, 0.05) is 34.8 Å². The number of thioether (sulfide) groups is 1. The van der Waals surface area contributed by atoms with Crippen LogP contribution in [0.15, 0.2) is 75.5 Å². The zero-order chi connectivity index (χ0) is 28.2. The molecule has 8 nitrogen and oxygen atoms in total. The van der Waals surface area contributed by atoms with Gasteiger partial charge in [-0.05, 0) is 37.0 Å². The van der Waals surface area contributed by atoms with Gasteiger partial charge in [0.1, 0.15) is 11.6 Å². The average Bonchev–Trinajstić information content (AvgIpc) is 3.41. The molecule has 1 aromatic heterocycles. The maximum absolute atomic E-state index is 15.0. The van der Waals surface area contributed by atoms with Crippen LogP contribution in [-0.4, -0.2) is 34.2 Å². The van der Waals surface area contributed by atoms with Crippen LogP contribution in [-0.2, 0) is 16.0 Å². The number of nitrogens with two attached hydrogens (primary N) is 1. The summed E-state index contributed by atoms with van der Waals surface area (Å²) < 4.78 is 15.6. The van der Waals surface area contributed by atoms with Crippen molar-refractivity contribution in [2.24, 2.45) is 5.73 Å². The van der Waals surface area contributed by atoms with Crippen LogP contribution < -0.4 is 16.0 Å². The number of anilines is 1. The number of hydrogen-bond acceptors (Lipinski definition) is 9. The lowest BCUT2D eigenvalue weighted by molar-refractivity contribution is -0.118. The highest BCUT2D eigenvalue weighted by Crippen LogP contribution is 2.48. The predicted octanol–water partition coefficient (Wildman–Crippen LogP) is 5.09. The minimum atomic E-state index is -1.01. The van der Waals surface area contributed by atoms with Gasteiger partial charge in [0.05, 0.1) is 23.3 Å². The van der Waals surface area contributed by atoms with Crippen molar-refractivity contribution in [1.82, 2.24) is 15.5 Å². The highest BCUT2D eigenvalue weighted by molar-refractivity contribution is 8.01. The van der Waals surface area contributed by atoms with Gasteiger partial charge in [0.25, 0.3) is 0 Å². The highest BCUT2D eigenvalue weighted by Gasteiger charge is 2.42. The van der Waals surface area contributed by atoms with Crippen molar-refractivity contribution >= 4 is 51.5 Å². The molecule has 1 amide bonds. The molecule has 40 heavy (non-hydrogen) atoms. The number of carbonyl (C=O) groups excluding carboxylic acids is 2. The van der Waals surface area contributed by atoms with E-state index in [9.17, 15) is 14.9 Å². The standard InChI is InChI=1S/C28H24ClFN6O2S2/c29-18-8-4-9-19(30)24(18)23-17(14-31)26(32)36(20-10-5-11-21(37)25(20)23)27-34-35-28(40-27)39-15-22(38)33-13-12-16-6-2-1-3-7-16/h1-4,6-9,23H,5,10-13,15,32H2,(H,33,38). The summed E-state index contributed by atoms with van der Waals surface area (Å²) in [5, 5.41) is 21.9. The second-order valence-electron chi connectivity index (χ2n) is 9.18. The number of carbonyl (C=O) groups is 2. The molecule has 0 saturated heterocycles. The normalized spacial score (nSPS) is 17.1. The van der Waals surface area contributed by atoms with E-state index in [1.54, 1.807) is 4.90 Å². The topological polar surface area (TPSA) is 125 Å². The molecule has 1 unspecified atom stereocenters. The van der Waals surface area contributed by atoms with Crippen LogP contribution in [0, 0.1) is 17.1 Å². The van der Waals surface area contributed by atoms with Crippen LogP contribution in [0.3, 0.4) is 0 Å². The fourth-order valence-corrected chi connectivity index (χ4v) is 6.88. The molecule has 1 aliphatic heterocycles. The highest BCUT2D eigenvalue weighted by atomic mass is 35.5. The van der Waals surface area contributed by atoms with Crippen molar-refractivity contribution in [3.63, 3.8) is 0 Å². The number of nitriles is 1. The first-order valence-corrected chi connectivity index (χ1v) is 14.7. The van der Waals surface area contributed by atoms with E-state index in [0.717, 1.165) is 12.0 Å². The third-order valence-electron chi connectivity index (χ3n) is 6.69. The molecular weight excluding hydrogens is 571 g/mol. The molecule has 0 radical (unpaired) electrons. The predicted molar refractivity (Wildman–Crippen MR) is 153 cm³/mol. The average molecular weight is 595 g/mol. The van der Waals surface area contributed by atoms with E-state index in [0.29, 0.717) is 40.1 Å². The SMILES string of the molecule is N#CC1=C(N)N(c2nnc(SCC(=O)NCCc3ccccc3)s2)C2=C(C(=O)CCC2)C1c1c(F)cccc1Cl. The molecule has 0 saturated carbocycles. The Hall–Kier alpha value is -3.72. The van der Waals surface area contributed by atoms with Crippen LogP contribution in [0.4, 0.5) is 9.52 Å². The molecule has 0 spiro atoms. The van der Waals surface area contributed by atoms with Gasteiger partial charge in [0.2, 0.25) is 11.0 Å². The summed E-state index contributed by atoms with van der Waals surface area (Å²) in [7, 11) is 0. The molecule has 1 atom stereocenters. The minimum Gasteiger partial charge on any atom is -0.384 e. The van der Waals surface area contributed by atoms with E-state index in [1.165, 1.54) is 41.3 Å². The summed E-state index contributed by atoms with van der Waals surface area (Å²) in [5.74, 6) is -1.76. The van der Waals surface area contributed by atoms with E-state index in [-0.39, 0.29) is 45.8 Å². The van der Waals surface area contributed by atoms with Crippen molar-refractivity contribution in [2.75, 3.05) is 17.2 Å². The summed E-state index contributed by atoms with van der Waals surface area (Å²) >= 11 is 8.80. The summed E-state index contributed by atoms with van der Waals surface area (Å²) in [6.45, 7) is 0.523. The fraction of sp³-hybridized carbons (Fsp3) is 0.250. The van der Waals surface area contributed by atoms with Gasteiger partial charge in [-0.15, -0.1) is 10.2 Å². The molecular formula is C28H24ClFN6O2S2. The number of benzene rings is 2. The van der Waals surface area contributed by atoms with Gasteiger partial charge in [0.15, 0.2) is 10.1 Å². The molecule has 2 aromatic carbocycles. The molecule has 2 heterocycles. The number of ketones is 1. The number of Topliss-reactive ketones (excluding diaryl/α,β-unsaturated/α-hetero) is 1. The Balaban J connectivity index is 1.37. The molecule has 3 N–H and O–H groups in total. The van der Waals surface area contributed by atoms with Crippen LogP contribution in [0.1, 0.15) is 36.3 Å². The Bertz CT molecular complexity index is 1550. The van der Waals surface area contributed by atoms with Crippen LogP contribution in [0.2, 0.25) is 5.02 Å². The first kappa shape index (κ1) is 27.8. The van der Waals surface area contributed by atoms with Gasteiger partial charge in [-0.3, -0.25) is 14.5 Å². The molecule has 3 aromatic rings. The Morgan fingerprint density at radius 1 is 1.23 bits per heavy atom. The summed E-state index contributed by atoms with van der Waals surface area (Å²) in [4.78, 5) is 27.2. The smallest absolute Gasteiger partial charge is 0.230 e. The quantitative estimate of drug-likeness (QED) is 0.346. The number of rotatable bonds is 8. The Labute approximate surface area is 243 Å². The lowest BCUT2D eigenvalue weighted by Crippen LogP contribution is -2.39. The summed E-state index contributed by atoms with van der Waals surface area (Å²) in [6, 6.07) is 16.2. The number of aromatic nitrogens is 2. The zero-order valence-electron chi connectivity index (χ0n) is 21.2. The Morgan fingerprint density at radius 2 is 2.02 bits per heavy atom. The maximum Gasteiger partial charge on any atom is 0.230 e. The minimum absolute atomic E-state index is 0.0168. The second-order valence-corrected chi connectivity index (χ2v) is 11.8. The third-order valence-corrected chi connectivity index (χ3v) is 9.07. The van der Waals surface area contributed by atoms with Gasteiger partial charge in [-0.25, -0.2) is 4.39 Å². The number of halogens is 2. The fourth-order valence-electron chi connectivity index (χ4n) is 4.90. The molecule has 1 aliphatic carbocycles. The molecule has 2 aliphatic rings.